The standard InChI is InChI=1S/C12H15NO/c14-12-4-2-1-3-11(12)13-7-9-5-10(6-9)8-13/h1-4,9-10,14H,5-8H2. The van der Waals surface area contributed by atoms with Crippen molar-refractivity contribution in [2.45, 2.75) is 12.8 Å². The third-order valence-electron chi connectivity index (χ3n) is 3.51. The van der Waals surface area contributed by atoms with Crippen LogP contribution in [-0.4, -0.2) is 18.2 Å². The molecule has 14 heavy (non-hydrogen) atoms. The summed E-state index contributed by atoms with van der Waals surface area (Å²) in [5.74, 6) is 2.19. The molecule has 2 aliphatic heterocycles. The van der Waals surface area contributed by atoms with Crippen molar-refractivity contribution < 1.29 is 5.11 Å². The van der Waals surface area contributed by atoms with Crippen LogP contribution in [0, 0.1) is 11.8 Å². The molecule has 4 rings (SSSR count). The number of rotatable bonds is 1. The first kappa shape index (κ1) is 8.16. The number of hydrogen-bond donors (Lipinski definition) is 1. The number of benzene rings is 1. The van der Waals surface area contributed by atoms with Crippen LogP contribution >= 0.6 is 0 Å². The van der Waals surface area contributed by atoms with Crippen molar-refractivity contribution in [2.75, 3.05) is 18.0 Å². The largest absolute Gasteiger partial charge is 0.506 e. The van der Waals surface area contributed by atoms with Gasteiger partial charge in [0.2, 0.25) is 0 Å². The zero-order valence-corrected chi connectivity index (χ0v) is 8.19. The van der Waals surface area contributed by atoms with Gasteiger partial charge in [-0.05, 0) is 36.8 Å². The van der Waals surface area contributed by atoms with Crippen LogP contribution in [0.5, 0.6) is 5.75 Å². The van der Waals surface area contributed by atoms with E-state index in [9.17, 15) is 5.11 Å². The first-order chi connectivity index (χ1) is 6.83. The van der Waals surface area contributed by atoms with Gasteiger partial charge in [-0.3, -0.25) is 0 Å². The molecule has 0 aromatic heterocycles. The van der Waals surface area contributed by atoms with Gasteiger partial charge >= 0.3 is 0 Å². The number of aromatic hydroxyl groups is 1. The summed E-state index contributed by atoms with van der Waals surface area (Å²) in [5.41, 5.74) is 1.02. The Morgan fingerprint density at radius 1 is 1.07 bits per heavy atom. The maximum atomic E-state index is 9.72. The first-order valence-electron chi connectivity index (χ1n) is 5.36. The lowest BCUT2D eigenvalue weighted by Crippen LogP contribution is -2.48. The molecule has 1 aromatic rings. The van der Waals surface area contributed by atoms with Crippen LogP contribution in [0.15, 0.2) is 24.3 Å². The van der Waals surface area contributed by atoms with Crippen LogP contribution in [-0.2, 0) is 0 Å². The van der Waals surface area contributed by atoms with Gasteiger partial charge in [-0.2, -0.15) is 0 Å². The Bertz CT molecular complexity index is 334. The summed E-state index contributed by atoms with van der Waals surface area (Å²) in [7, 11) is 0. The zero-order chi connectivity index (χ0) is 9.54. The SMILES string of the molecule is Oc1ccccc1N1CC2CC(C2)C1. The Balaban J connectivity index is 1.85. The van der Waals surface area contributed by atoms with Crippen molar-refractivity contribution in [1.82, 2.24) is 0 Å². The van der Waals surface area contributed by atoms with Crippen LogP contribution in [0.3, 0.4) is 0 Å². The fraction of sp³-hybridized carbons (Fsp3) is 0.500. The highest BCUT2D eigenvalue weighted by Crippen LogP contribution is 2.42. The van der Waals surface area contributed by atoms with E-state index in [4.69, 9.17) is 0 Å². The van der Waals surface area contributed by atoms with Gasteiger partial charge in [0.05, 0.1) is 5.69 Å². The van der Waals surface area contributed by atoms with E-state index in [1.807, 2.05) is 18.2 Å². The first-order valence-corrected chi connectivity index (χ1v) is 5.36. The monoisotopic (exact) mass is 189 g/mol. The fourth-order valence-corrected chi connectivity index (χ4v) is 2.80. The van der Waals surface area contributed by atoms with E-state index in [2.05, 4.69) is 4.90 Å². The second-order valence-electron chi connectivity index (χ2n) is 4.60. The summed E-state index contributed by atoms with van der Waals surface area (Å²) in [6, 6.07) is 7.66. The van der Waals surface area contributed by atoms with E-state index in [0.717, 1.165) is 30.6 Å². The minimum Gasteiger partial charge on any atom is -0.506 e. The average molecular weight is 189 g/mol. The number of phenolic OH excluding ortho intramolecular Hbond substituents is 1. The molecule has 0 spiro atoms. The van der Waals surface area contributed by atoms with Crippen LogP contribution in [0.2, 0.25) is 0 Å². The zero-order valence-electron chi connectivity index (χ0n) is 8.19. The summed E-state index contributed by atoms with van der Waals surface area (Å²) >= 11 is 0. The number of phenols is 1. The Hall–Kier alpha value is -1.18. The highest BCUT2D eigenvalue weighted by atomic mass is 16.3. The molecule has 3 aliphatic rings. The lowest BCUT2D eigenvalue weighted by atomic mass is 9.71. The third kappa shape index (κ3) is 1.17. The van der Waals surface area contributed by atoms with Gasteiger partial charge in [-0.25, -0.2) is 0 Å². The summed E-state index contributed by atoms with van der Waals surface area (Å²) in [4.78, 5) is 2.33. The molecule has 2 heteroatoms. The third-order valence-corrected chi connectivity index (χ3v) is 3.51. The minimum atomic E-state index is 0.425. The normalized spacial score (nSPS) is 29.9. The van der Waals surface area contributed by atoms with Crippen molar-refractivity contribution in [2.24, 2.45) is 11.8 Å². The maximum absolute atomic E-state index is 9.72. The minimum absolute atomic E-state index is 0.425. The number of piperidine rings is 2. The van der Waals surface area contributed by atoms with Gasteiger partial charge in [0, 0.05) is 13.1 Å². The summed E-state index contributed by atoms with van der Waals surface area (Å²) in [6.07, 6.45) is 2.81. The molecule has 1 saturated carbocycles. The molecular weight excluding hydrogens is 174 g/mol. The second kappa shape index (κ2) is 2.91. The van der Waals surface area contributed by atoms with Crippen LogP contribution in [0.4, 0.5) is 5.69 Å². The summed E-state index contributed by atoms with van der Waals surface area (Å²) < 4.78 is 0. The molecule has 2 nitrogen and oxygen atoms in total. The average Bonchev–Trinajstić information content (AvgIpc) is 2.17. The van der Waals surface area contributed by atoms with E-state index >= 15 is 0 Å². The molecular formula is C12H15NO. The van der Waals surface area contributed by atoms with E-state index in [1.54, 1.807) is 6.07 Å². The van der Waals surface area contributed by atoms with Gasteiger partial charge in [-0.15, -0.1) is 0 Å². The van der Waals surface area contributed by atoms with E-state index < -0.39 is 0 Å². The Morgan fingerprint density at radius 2 is 1.71 bits per heavy atom. The Labute approximate surface area is 84.2 Å². The molecule has 1 aromatic carbocycles. The number of hydrogen-bond acceptors (Lipinski definition) is 2. The van der Waals surface area contributed by atoms with E-state index in [-0.39, 0.29) is 0 Å². The Kier molecular flexibility index (Phi) is 1.69. The maximum Gasteiger partial charge on any atom is 0.138 e. The smallest absolute Gasteiger partial charge is 0.138 e. The van der Waals surface area contributed by atoms with Gasteiger partial charge in [0.1, 0.15) is 5.75 Å². The number of nitrogens with zero attached hydrogens (tertiary/aromatic N) is 1. The lowest BCUT2D eigenvalue weighted by molar-refractivity contribution is 0.158. The molecule has 1 N–H and O–H groups in total. The van der Waals surface area contributed by atoms with Crippen LogP contribution in [0.1, 0.15) is 12.8 Å². The fourth-order valence-electron chi connectivity index (χ4n) is 2.80. The number of para-hydroxylation sites is 2. The molecule has 1 aliphatic carbocycles. The van der Waals surface area contributed by atoms with Gasteiger partial charge in [-0.1, -0.05) is 12.1 Å². The topological polar surface area (TPSA) is 23.5 Å². The van der Waals surface area contributed by atoms with Crippen LogP contribution < -0.4 is 4.90 Å². The molecule has 0 unspecified atom stereocenters. The lowest BCUT2D eigenvalue weighted by Gasteiger charge is -2.48. The second-order valence-corrected chi connectivity index (χ2v) is 4.60. The quantitative estimate of drug-likeness (QED) is 0.732. The van der Waals surface area contributed by atoms with Crippen LogP contribution in [0.25, 0.3) is 0 Å². The number of fused-ring (bicyclic) bond motifs is 2. The highest BCUT2D eigenvalue weighted by Gasteiger charge is 2.37. The molecule has 74 valence electrons. The summed E-state index contributed by atoms with van der Waals surface area (Å²) in [6.45, 7) is 2.27. The molecule has 2 saturated heterocycles. The molecule has 2 heterocycles. The molecule has 3 fully saturated rings. The molecule has 0 radical (unpaired) electrons. The summed E-state index contributed by atoms with van der Waals surface area (Å²) in [5, 5.41) is 9.72. The van der Waals surface area contributed by atoms with Crippen molar-refractivity contribution >= 4 is 5.69 Å². The Morgan fingerprint density at radius 3 is 2.36 bits per heavy atom. The van der Waals surface area contributed by atoms with Crippen molar-refractivity contribution in [3.8, 4) is 5.75 Å². The molecule has 2 bridgehead atoms. The van der Waals surface area contributed by atoms with Gasteiger partial charge in [0.25, 0.3) is 0 Å². The van der Waals surface area contributed by atoms with Crippen molar-refractivity contribution in [3.05, 3.63) is 24.3 Å². The van der Waals surface area contributed by atoms with Crippen molar-refractivity contribution in [3.63, 3.8) is 0 Å². The predicted octanol–water partition coefficient (Wildman–Crippen LogP) is 2.24. The van der Waals surface area contributed by atoms with Crippen molar-refractivity contribution in [1.29, 1.82) is 0 Å². The number of anilines is 1. The molecule has 0 amide bonds. The predicted molar refractivity (Wildman–Crippen MR) is 56.5 cm³/mol. The van der Waals surface area contributed by atoms with E-state index in [1.165, 1.54) is 12.8 Å². The van der Waals surface area contributed by atoms with Gasteiger partial charge < -0.3 is 10.0 Å². The van der Waals surface area contributed by atoms with E-state index in [0.29, 0.717) is 5.75 Å². The highest BCUT2D eigenvalue weighted by molar-refractivity contribution is 5.58. The van der Waals surface area contributed by atoms with Gasteiger partial charge in [0.15, 0.2) is 0 Å². The molecule has 0 atom stereocenters.